The van der Waals surface area contributed by atoms with Crippen molar-refractivity contribution >= 4 is 21.9 Å². The van der Waals surface area contributed by atoms with E-state index in [2.05, 4.69) is 21.5 Å². The number of nitrogens with zero attached hydrogens (tertiary/aromatic N) is 1. The van der Waals surface area contributed by atoms with Crippen molar-refractivity contribution < 1.29 is 31.5 Å². The first kappa shape index (κ1) is 27.8. The van der Waals surface area contributed by atoms with E-state index in [4.69, 9.17) is 10.8 Å². The molecule has 0 bridgehead atoms. The molecule has 0 radical (unpaired) electrons. The van der Waals surface area contributed by atoms with Crippen LogP contribution in [0.2, 0.25) is 0 Å². The lowest BCUT2D eigenvalue weighted by Gasteiger charge is -2.24. The van der Waals surface area contributed by atoms with Crippen molar-refractivity contribution in [3.8, 4) is 12.3 Å². The van der Waals surface area contributed by atoms with E-state index >= 15 is 0 Å². The lowest BCUT2D eigenvalue weighted by Crippen LogP contribution is -2.48. The summed E-state index contributed by atoms with van der Waals surface area (Å²) in [5.74, 6) is 0.193. The molecule has 2 unspecified atom stereocenters. The molecule has 2 atom stereocenters. The second-order valence-electron chi connectivity index (χ2n) is 8.40. The number of carbonyl (C=O) groups excluding carboxylic acids is 1. The third-order valence-corrected chi connectivity index (χ3v) is 5.76. The molecule has 1 heterocycles. The molecule has 12 heteroatoms. The number of halogens is 2. The molecular weight excluding hydrogens is 506 g/mol. The Hall–Kier alpha value is -3.79. The standard InChI is InChI=1S/C25H26F2N4O5S/c1-4-16-6-5-7-17(8-16)13-28-14-22(32)21(11-18-9-19(26)12-20(27)10-18)29-24(33)23-15(2)36-25(30-23)31-37(3,34)35/h1,5-10,12,21-22,28,32H,11,13-14H2,2-3H3,(H,29,33)(H,30,31). The van der Waals surface area contributed by atoms with E-state index in [9.17, 15) is 27.1 Å². The number of aliphatic hydroxyl groups excluding tert-OH is 1. The summed E-state index contributed by atoms with van der Waals surface area (Å²) in [6.45, 7) is 1.79. The maximum atomic E-state index is 13.8. The van der Waals surface area contributed by atoms with Gasteiger partial charge in [-0.05, 0) is 48.7 Å². The number of anilines is 1. The smallest absolute Gasteiger partial charge is 0.309 e. The largest absolute Gasteiger partial charge is 0.428 e. The van der Waals surface area contributed by atoms with Crippen LogP contribution in [-0.2, 0) is 23.0 Å². The molecule has 9 nitrogen and oxygen atoms in total. The number of hydrogen-bond acceptors (Lipinski definition) is 7. The average molecular weight is 533 g/mol. The molecule has 4 N–H and O–H groups in total. The summed E-state index contributed by atoms with van der Waals surface area (Å²) in [6, 6.07) is 8.77. The highest BCUT2D eigenvalue weighted by molar-refractivity contribution is 7.91. The van der Waals surface area contributed by atoms with E-state index in [0.29, 0.717) is 18.2 Å². The molecule has 37 heavy (non-hydrogen) atoms. The van der Waals surface area contributed by atoms with E-state index in [1.54, 1.807) is 12.1 Å². The second kappa shape index (κ2) is 12.0. The fourth-order valence-corrected chi connectivity index (χ4v) is 3.99. The number of aryl methyl sites for hydroxylation is 1. The minimum Gasteiger partial charge on any atom is -0.428 e. The topological polar surface area (TPSA) is 134 Å². The van der Waals surface area contributed by atoms with E-state index in [-0.39, 0.29) is 30.0 Å². The normalized spacial score (nSPS) is 13.0. The summed E-state index contributed by atoms with van der Waals surface area (Å²) in [5.41, 5.74) is 1.57. The Balaban J connectivity index is 1.76. The van der Waals surface area contributed by atoms with Crippen LogP contribution in [0.5, 0.6) is 0 Å². The van der Waals surface area contributed by atoms with Crippen molar-refractivity contribution in [1.82, 2.24) is 15.6 Å². The molecule has 0 spiro atoms. The van der Waals surface area contributed by atoms with Gasteiger partial charge in [0.25, 0.3) is 5.91 Å². The van der Waals surface area contributed by atoms with Crippen LogP contribution in [0.25, 0.3) is 0 Å². The van der Waals surface area contributed by atoms with Crippen molar-refractivity contribution in [2.24, 2.45) is 0 Å². The van der Waals surface area contributed by atoms with Gasteiger partial charge in [0, 0.05) is 24.7 Å². The van der Waals surface area contributed by atoms with Gasteiger partial charge in [0.1, 0.15) is 17.4 Å². The van der Waals surface area contributed by atoms with Crippen LogP contribution in [-0.4, -0.2) is 49.4 Å². The Bertz CT molecular complexity index is 1400. The first-order chi connectivity index (χ1) is 17.4. The van der Waals surface area contributed by atoms with Gasteiger partial charge in [-0.2, -0.15) is 4.98 Å². The van der Waals surface area contributed by atoms with Gasteiger partial charge in [-0.1, -0.05) is 18.1 Å². The lowest BCUT2D eigenvalue weighted by molar-refractivity contribution is 0.0824. The molecule has 1 amide bonds. The Morgan fingerprint density at radius 3 is 2.54 bits per heavy atom. The van der Waals surface area contributed by atoms with Crippen molar-refractivity contribution in [3.63, 3.8) is 0 Å². The number of aliphatic hydroxyl groups is 1. The Labute approximate surface area is 213 Å². The van der Waals surface area contributed by atoms with Gasteiger partial charge in [0.05, 0.1) is 18.4 Å². The van der Waals surface area contributed by atoms with Gasteiger partial charge in [-0.15, -0.1) is 6.42 Å². The number of benzene rings is 2. The molecule has 1 aromatic heterocycles. The number of carbonyl (C=O) groups is 1. The fraction of sp³-hybridized carbons (Fsp3) is 0.280. The summed E-state index contributed by atoms with van der Waals surface area (Å²) < 4.78 is 57.6. The molecule has 3 rings (SSSR count). The molecule has 0 aliphatic carbocycles. The second-order valence-corrected chi connectivity index (χ2v) is 10.2. The molecular formula is C25H26F2N4O5S. The van der Waals surface area contributed by atoms with Crippen molar-refractivity contribution in [2.45, 2.75) is 32.0 Å². The predicted molar refractivity (Wildman–Crippen MR) is 133 cm³/mol. The first-order valence-electron chi connectivity index (χ1n) is 11.1. The fourth-order valence-electron chi connectivity index (χ4n) is 3.59. The molecule has 3 aromatic rings. The minimum absolute atomic E-state index is 0.0156. The summed E-state index contributed by atoms with van der Waals surface area (Å²) in [6.07, 6.45) is 5.01. The number of terminal acetylenes is 1. The third kappa shape index (κ3) is 8.38. The number of nitrogens with one attached hydrogen (secondary N) is 3. The highest BCUT2D eigenvalue weighted by Gasteiger charge is 2.26. The third-order valence-electron chi connectivity index (χ3n) is 5.22. The van der Waals surface area contributed by atoms with Gasteiger partial charge >= 0.3 is 6.01 Å². The van der Waals surface area contributed by atoms with Gasteiger partial charge in [0.2, 0.25) is 10.0 Å². The zero-order valence-electron chi connectivity index (χ0n) is 20.1. The first-order valence-corrected chi connectivity index (χ1v) is 13.0. The Morgan fingerprint density at radius 1 is 1.19 bits per heavy atom. The molecule has 0 aliphatic heterocycles. The predicted octanol–water partition coefficient (Wildman–Crippen LogP) is 2.11. The number of oxazole rings is 1. The lowest BCUT2D eigenvalue weighted by atomic mass is 10.00. The highest BCUT2D eigenvalue weighted by Crippen LogP contribution is 2.17. The van der Waals surface area contributed by atoms with Crippen LogP contribution in [0.3, 0.4) is 0 Å². The van der Waals surface area contributed by atoms with Crippen LogP contribution in [0.1, 0.15) is 32.9 Å². The summed E-state index contributed by atoms with van der Waals surface area (Å²) in [4.78, 5) is 16.8. The number of rotatable bonds is 11. The maximum absolute atomic E-state index is 13.8. The quantitative estimate of drug-likeness (QED) is 0.278. The van der Waals surface area contributed by atoms with Crippen molar-refractivity contribution in [3.05, 3.63) is 82.2 Å². The van der Waals surface area contributed by atoms with E-state index in [1.165, 1.54) is 6.92 Å². The maximum Gasteiger partial charge on any atom is 0.309 e. The number of hydrogen-bond donors (Lipinski definition) is 4. The zero-order valence-corrected chi connectivity index (χ0v) is 20.9. The molecule has 196 valence electrons. The molecule has 0 saturated heterocycles. The Morgan fingerprint density at radius 2 is 1.89 bits per heavy atom. The number of amides is 1. The summed E-state index contributed by atoms with van der Waals surface area (Å²) >= 11 is 0. The average Bonchev–Trinajstić information content (AvgIpc) is 3.16. The van der Waals surface area contributed by atoms with Gasteiger partial charge in [-0.25, -0.2) is 21.9 Å². The molecule has 0 aliphatic rings. The van der Waals surface area contributed by atoms with Crippen LogP contribution < -0.4 is 15.4 Å². The van der Waals surface area contributed by atoms with E-state index in [1.807, 2.05) is 16.9 Å². The van der Waals surface area contributed by atoms with Crippen molar-refractivity contribution in [2.75, 3.05) is 17.5 Å². The Kier molecular flexibility index (Phi) is 8.99. The van der Waals surface area contributed by atoms with E-state index < -0.39 is 45.7 Å². The molecule has 2 aromatic carbocycles. The van der Waals surface area contributed by atoms with Gasteiger partial charge in [-0.3, -0.25) is 4.79 Å². The van der Waals surface area contributed by atoms with E-state index in [0.717, 1.165) is 24.0 Å². The van der Waals surface area contributed by atoms with Crippen LogP contribution in [0.15, 0.2) is 46.9 Å². The minimum atomic E-state index is -3.70. The van der Waals surface area contributed by atoms with Crippen LogP contribution in [0.4, 0.5) is 14.8 Å². The summed E-state index contributed by atoms with van der Waals surface area (Å²) in [5, 5.41) is 16.5. The highest BCUT2D eigenvalue weighted by atomic mass is 32.2. The number of aromatic nitrogens is 1. The SMILES string of the molecule is C#Cc1cccc(CNCC(O)C(Cc2cc(F)cc(F)c2)NC(=O)c2nc(NS(C)(=O)=O)oc2C)c1. The van der Waals surface area contributed by atoms with Gasteiger partial charge in [0.15, 0.2) is 5.69 Å². The monoisotopic (exact) mass is 532 g/mol. The zero-order chi connectivity index (χ0) is 27.2. The van der Waals surface area contributed by atoms with Crippen LogP contribution in [0, 0.1) is 30.9 Å². The van der Waals surface area contributed by atoms with Gasteiger partial charge < -0.3 is 20.2 Å². The molecule has 0 saturated carbocycles. The molecule has 0 fully saturated rings. The van der Waals surface area contributed by atoms with Crippen LogP contribution >= 0.6 is 0 Å². The summed E-state index contributed by atoms with van der Waals surface area (Å²) in [7, 11) is -3.70. The van der Waals surface area contributed by atoms with Crippen molar-refractivity contribution in [1.29, 1.82) is 0 Å². The number of sulfonamides is 1.